The average molecular weight is 455 g/mol. The lowest BCUT2D eigenvalue weighted by molar-refractivity contribution is -0.286. The number of Topliss-reactive ketones (excluding diaryl/α,β-unsaturated/α-hetero) is 2. The molecule has 1 aromatic heterocycles. The maximum atomic E-state index is 13.6. The number of aromatic nitrogens is 2. The number of ether oxygens (including phenoxy) is 2. The van der Waals surface area contributed by atoms with Crippen molar-refractivity contribution in [3.8, 4) is 22.8 Å². The zero-order valence-corrected chi connectivity index (χ0v) is 17.7. The van der Waals surface area contributed by atoms with E-state index in [1.54, 1.807) is 37.4 Å². The number of ketones is 2. The molecule has 10 heteroatoms. The lowest BCUT2D eigenvalue weighted by Crippen LogP contribution is -2.44. The second-order valence-corrected chi connectivity index (χ2v) is 7.50. The Labute approximate surface area is 187 Å². The predicted molar refractivity (Wildman–Crippen MR) is 112 cm³/mol. The summed E-state index contributed by atoms with van der Waals surface area (Å²) in [5.74, 6) is -2.60. The molecule has 0 radical (unpaired) electrons. The van der Waals surface area contributed by atoms with Crippen molar-refractivity contribution < 1.29 is 32.6 Å². The minimum atomic E-state index is -3.84. The highest BCUT2D eigenvalue weighted by Gasteiger charge is 2.45. The molecule has 8 nitrogen and oxygen atoms in total. The van der Waals surface area contributed by atoms with Gasteiger partial charge < -0.3 is 14.8 Å². The first-order valence-corrected chi connectivity index (χ1v) is 9.97. The lowest BCUT2D eigenvalue weighted by Gasteiger charge is -2.17. The Morgan fingerprint density at radius 2 is 1.82 bits per heavy atom. The summed E-state index contributed by atoms with van der Waals surface area (Å²) in [5, 5.41) is 6.81. The number of hydrogen-bond donors (Lipinski definition) is 1. The number of carbonyl (C=O) groups is 3. The van der Waals surface area contributed by atoms with E-state index in [2.05, 4.69) is 19.9 Å². The van der Waals surface area contributed by atoms with Gasteiger partial charge in [0.1, 0.15) is 5.69 Å². The van der Waals surface area contributed by atoms with E-state index in [0.717, 1.165) is 12.5 Å². The summed E-state index contributed by atoms with van der Waals surface area (Å²) >= 11 is 0. The molecular weight excluding hydrogens is 436 g/mol. The highest BCUT2D eigenvalue weighted by molar-refractivity contribution is 6.38. The van der Waals surface area contributed by atoms with Crippen molar-refractivity contribution in [1.29, 1.82) is 0 Å². The molecule has 33 heavy (non-hydrogen) atoms. The molecular formula is C23H19F2N3O5. The fourth-order valence-electron chi connectivity index (χ4n) is 3.55. The van der Waals surface area contributed by atoms with Crippen molar-refractivity contribution in [1.82, 2.24) is 15.1 Å². The third kappa shape index (κ3) is 4.59. The van der Waals surface area contributed by atoms with Crippen molar-refractivity contribution in [2.45, 2.75) is 25.7 Å². The number of aryl methyl sites for hydroxylation is 1. The normalized spacial score (nSPS) is 14.5. The van der Waals surface area contributed by atoms with Gasteiger partial charge in [0.25, 0.3) is 5.91 Å². The van der Waals surface area contributed by atoms with Crippen LogP contribution in [-0.4, -0.2) is 39.6 Å². The molecule has 0 saturated heterocycles. The van der Waals surface area contributed by atoms with Crippen LogP contribution in [0, 0.1) is 0 Å². The third-order valence-corrected chi connectivity index (χ3v) is 5.01. The number of alkyl halides is 2. The van der Waals surface area contributed by atoms with Crippen LogP contribution in [0.2, 0.25) is 0 Å². The van der Waals surface area contributed by atoms with Gasteiger partial charge in [0.2, 0.25) is 5.78 Å². The fraction of sp³-hybridized carbons (Fsp3) is 0.217. The first-order valence-electron chi connectivity index (χ1n) is 9.97. The number of halogens is 2. The number of nitrogens with zero attached hydrogens (tertiary/aromatic N) is 2. The number of para-hydroxylation sites is 1. The van der Waals surface area contributed by atoms with E-state index in [9.17, 15) is 23.2 Å². The van der Waals surface area contributed by atoms with Gasteiger partial charge in [-0.25, -0.2) is 0 Å². The standard InChI is InChI=1S/C23H19F2N3O5/c1-13(29)20(30)17(11-14-7-4-3-5-8-14)26-22(31)16-12-28(2)27-19(16)15-9-6-10-18-21(15)33-23(24,25)32-18/h3-10,12,17H,11H2,1-2H3,(H,26,31). The van der Waals surface area contributed by atoms with E-state index in [1.165, 1.54) is 29.1 Å². The van der Waals surface area contributed by atoms with Crippen LogP contribution in [0.3, 0.4) is 0 Å². The van der Waals surface area contributed by atoms with Gasteiger partial charge in [-0.15, -0.1) is 8.78 Å². The zero-order valence-electron chi connectivity index (χ0n) is 17.7. The molecule has 2 heterocycles. The van der Waals surface area contributed by atoms with E-state index in [-0.39, 0.29) is 34.7 Å². The maximum Gasteiger partial charge on any atom is 0.586 e. The molecule has 1 aliphatic heterocycles. The topological polar surface area (TPSA) is 99.5 Å². The summed E-state index contributed by atoms with van der Waals surface area (Å²) in [4.78, 5) is 37.4. The predicted octanol–water partition coefficient (Wildman–Crippen LogP) is 2.91. The van der Waals surface area contributed by atoms with Crippen LogP contribution >= 0.6 is 0 Å². The highest BCUT2D eigenvalue weighted by atomic mass is 19.3. The van der Waals surface area contributed by atoms with Gasteiger partial charge in [-0.3, -0.25) is 19.1 Å². The Hall–Kier alpha value is -4.08. The Kier molecular flexibility index (Phi) is 5.67. The Morgan fingerprint density at radius 3 is 2.52 bits per heavy atom. The van der Waals surface area contributed by atoms with Crippen molar-refractivity contribution in [2.75, 3.05) is 0 Å². The number of amides is 1. The highest BCUT2D eigenvalue weighted by Crippen LogP contribution is 2.47. The van der Waals surface area contributed by atoms with Gasteiger partial charge in [-0.2, -0.15) is 5.10 Å². The van der Waals surface area contributed by atoms with Gasteiger partial charge in [-0.05, 0) is 17.7 Å². The molecule has 170 valence electrons. The Morgan fingerprint density at radius 1 is 1.09 bits per heavy atom. The molecule has 0 bridgehead atoms. The molecule has 4 rings (SSSR count). The van der Waals surface area contributed by atoms with Gasteiger partial charge in [0.05, 0.1) is 11.6 Å². The van der Waals surface area contributed by atoms with Crippen LogP contribution in [0.5, 0.6) is 11.5 Å². The van der Waals surface area contributed by atoms with Crippen LogP contribution in [0.25, 0.3) is 11.3 Å². The molecule has 0 spiro atoms. The number of carbonyl (C=O) groups excluding carboxylic acids is 3. The summed E-state index contributed by atoms with van der Waals surface area (Å²) in [5.41, 5.74) is 0.936. The summed E-state index contributed by atoms with van der Waals surface area (Å²) in [6, 6.07) is 12.0. The average Bonchev–Trinajstić information content (AvgIpc) is 3.31. The van der Waals surface area contributed by atoms with E-state index in [0.29, 0.717) is 0 Å². The molecule has 0 saturated carbocycles. The number of benzene rings is 2. The van der Waals surface area contributed by atoms with Gasteiger partial charge >= 0.3 is 6.29 Å². The second-order valence-electron chi connectivity index (χ2n) is 7.50. The first kappa shape index (κ1) is 22.1. The van der Waals surface area contributed by atoms with Crippen LogP contribution in [0.15, 0.2) is 54.7 Å². The van der Waals surface area contributed by atoms with Crippen molar-refractivity contribution >= 4 is 17.5 Å². The summed E-state index contributed by atoms with van der Waals surface area (Å²) in [6.07, 6.45) is -2.36. The van der Waals surface area contributed by atoms with E-state index >= 15 is 0 Å². The monoisotopic (exact) mass is 455 g/mol. The molecule has 1 N–H and O–H groups in total. The summed E-state index contributed by atoms with van der Waals surface area (Å²) in [7, 11) is 1.55. The zero-order chi connectivity index (χ0) is 23.8. The number of rotatable bonds is 7. The third-order valence-electron chi connectivity index (χ3n) is 5.01. The molecule has 1 amide bonds. The van der Waals surface area contributed by atoms with Crippen molar-refractivity contribution in [3.63, 3.8) is 0 Å². The van der Waals surface area contributed by atoms with Crippen LogP contribution in [0.4, 0.5) is 8.78 Å². The van der Waals surface area contributed by atoms with Crippen molar-refractivity contribution in [2.24, 2.45) is 7.05 Å². The van der Waals surface area contributed by atoms with Crippen LogP contribution < -0.4 is 14.8 Å². The SMILES string of the molecule is CC(=O)C(=O)C(Cc1ccccc1)NC(=O)c1cn(C)nc1-c1cccc2c1OC(F)(F)O2. The number of fused-ring (bicyclic) bond motifs is 1. The Balaban J connectivity index is 1.67. The van der Waals surface area contributed by atoms with Crippen LogP contribution in [-0.2, 0) is 23.1 Å². The van der Waals surface area contributed by atoms with Gasteiger partial charge in [0.15, 0.2) is 17.3 Å². The van der Waals surface area contributed by atoms with Gasteiger partial charge in [-0.1, -0.05) is 36.4 Å². The summed E-state index contributed by atoms with van der Waals surface area (Å²) < 4.78 is 37.7. The van der Waals surface area contributed by atoms with E-state index in [1.807, 2.05) is 0 Å². The largest absolute Gasteiger partial charge is 0.586 e. The first-order chi connectivity index (χ1) is 15.6. The number of nitrogens with one attached hydrogen (secondary N) is 1. The minimum Gasteiger partial charge on any atom is -0.395 e. The van der Waals surface area contributed by atoms with E-state index in [4.69, 9.17) is 0 Å². The van der Waals surface area contributed by atoms with Gasteiger partial charge in [0, 0.05) is 32.2 Å². The molecule has 1 atom stereocenters. The van der Waals surface area contributed by atoms with E-state index < -0.39 is 29.8 Å². The quantitative estimate of drug-likeness (QED) is 0.550. The number of hydrogen-bond acceptors (Lipinski definition) is 6. The Bertz CT molecular complexity index is 1240. The van der Waals surface area contributed by atoms with Crippen molar-refractivity contribution in [3.05, 3.63) is 65.9 Å². The smallest absolute Gasteiger partial charge is 0.395 e. The maximum absolute atomic E-state index is 13.6. The second kappa shape index (κ2) is 8.45. The van der Waals surface area contributed by atoms with Crippen LogP contribution in [0.1, 0.15) is 22.8 Å². The fourth-order valence-corrected chi connectivity index (χ4v) is 3.55. The molecule has 1 aliphatic rings. The molecule has 1 unspecified atom stereocenters. The molecule has 3 aromatic rings. The minimum absolute atomic E-state index is 0.0131. The molecule has 0 fully saturated rings. The lowest BCUT2D eigenvalue weighted by atomic mass is 9.99. The molecule has 0 aliphatic carbocycles. The molecule has 2 aromatic carbocycles. The summed E-state index contributed by atoms with van der Waals surface area (Å²) in [6.45, 7) is 1.13.